The summed E-state index contributed by atoms with van der Waals surface area (Å²) in [5.74, 6) is 0. The third kappa shape index (κ3) is 2.47. The summed E-state index contributed by atoms with van der Waals surface area (Å²) < 4.78 is 26.9. The number of aryl methyl sites for hydroxylation is 1. The van der Waals surface area contributed by atoms with Crippen LogP contribution in [0, 0.1) is 0 Å². The standard InChI is InChI=1S/C11H18F2N2O2/c1-4-8(17)11(2,6-16)7-5-15(3)14-9(7)10(12)13/h5,8,10,16-17H,4,6H2,1-3H3. The molecule has 0 amide bonds. The van der Waals surface area contributed by atoms with Crippen LogP contribution in [0.1, 0.15) is 38.0 Å². The largest absolute Gasteiger partial charge is 0.395 e. The van der Waals surface area contributed by atoms with Gasteiger partial charge in [0.1, 0.15) is 5.69 Å². The van der Waals surface area contributed by atoms with Crippen molar-refractivity contribution in [3.8, 4) is 0 Å². The predicted octanol–water partition coefficient (Wildman–Crippen LogP) is 1.38. The van der Waals surface area contributed by atoms with Crippen LogP contribution in [0.4, 0.5) is 8.78 Å². The first-order chi connectivity index (χ1) is 7.86. The van der Waals surface area contributed by atoms with E-state index >= 15 is 0 Å². The third-order valence-electron chi connectivity index (χ3n) is 3.13. The van der Waals surface area contributed by atoms with Gasteiger partial charge in [-0.3, -0.25) is 4.68 Å². The van der Waals surface area contributed by atoms with E-state index in [4.69, 9.17) is 0 Å². The molecule has 2 atom stereocenters. The molecule has 1 rings (SSSR count). The minimum atomic E-state index is -2.72. The van der Waals surface area contributed by atoms with E-state index in [0.717, 1.165) is 0 Å². The summed E-state index contributed by atoms with van der Waals surface area (Å²) in [5, 5.41) is 23.0. The van der Waals surface area contributed by atoms with Gasteiger partial charge in [0.25, 0.3) is 6.43 Å². The Morgan fingerprint density at radius 3 is 2.53 bits per heavy atom. The van der Waals surface area contributed by atoms with Gasteiger partial charge in [-0.25, -0.2) is 8.78 Å². The Morgan fingerprint density at radius 1 is 1.53 bits per heavy atom. The van der Waals surface area contributed by atoms with Crippen LogP contribution in [-0.2, 0) is 12.5 Å². The highest BCUT2D eigenvalue weighted by molar-refractivity contribution is 5.29. The number of rotatable bonds is 5. The van der Waals surface area contributed by atoms with Crippen molar-refractivity contribution in [3.05, 3.63) is 17.5 Å². The maximum Gasteiger partial charge on any atom is 0.282 e. The number of aliphatic hydroxyl groups is 2. The van der Waals surface area contributed by atoms with E-state index in [0.29, 0.717) is 6.42 Å². The third-order valence-corrected chi connectivity index (χ3v) is 3.13. The van der Waals surface area contributed by atoms with E-state index in [1.165, 1.54) is 17.9 Å². The first kappa shape index (κ1) is 14.1. The Hall–Kier alpha value is -1.01. The predicted molar refractivity (Wildman–Crippen MR) is 58.9 cm³/mol. The summed E-state index contributed by atoms with van der Waals surface area (Å²) in [6.45, 7) is 2.88. The fourth-order valence-corrected chi connectivity index (χ4v) is 1.93. The summed E-state index contributed by atoms with van der Waals surface area (Å²) in [5.41, 5.74) is -1.29. The number of aromatic nitrogens is 2. The van der Waals surface area contributed by atoms with Crippen molar-refractivity contribution in [2.75, 3.05) is 6.61 Å². The van der Waals surface area contributed by atoms with Crippen LogP contribution < -0.4 is 0 Å². The lowest BCUT2D eigenvalue weighted by atomic mass is 9.77. The maximum atomic E-state index is 12.8. The fourth-order valence-electron chi connectivity index (χ4n) is 1.93. The van der Waals surface area contributed by atoms with Crippen molar-refractivity contribution in [3.63, 3.8) is 0 Å². The molecule has 2 unspecified atom stereocenters. The zero-order valence-corrected chi connectivity index (χ0v) is 10.2. The first-order valence-corrected chi connectivity index (χ1v) is 5.47. The van der Waals surface area contributed by atoms with E-state index in [9.17, 15) is 19.0 Å². The molecule has 6 heteroatoms. The van der Waals surface area contributed by atoms with Crippen molar-refractivity contribution >= 4 is 0 Å². The molecule has 0 saturated carbocycles. The molecule has 0 radical (unpaired) electrons. The molecule has 2 N–H and O–H groups in total. The van der Waals surface area contributed by atoms with Crippen LogP contribution in [0.15, 0.2) is 6.20 Å². The van der Waals surface area contributed by atoms with E-state index in [2.05, 4.69) is 5.10 Å². The van der Waals surface area contributed by atoms with Crippen LogP contribution in [0.3, 0.4) is 0 Å². The molecule has 1 aromatic rings. The first-order valence-electron chi connectivity index (χ1n) is 5.47. The van der Waals surface area contributed by atoms with Gasteiger partial charge >= 0.3 is 0 Å². The second-order valence-electron chi connectivity index (χ2n) is 4.40. The molecule has 98 valence electrons. The zero-order valence-electron chi connectivity index (χ0n) is 10.2. The molecule has 1 heterocycles. The molecule has 1 aromatic heterocycles. The van der Waals surface area contributed by atoms with E-state index in [1.807, 2.05) is 0 Å². The van der Waals surface area contributed by atoms with Gasteiger partial charge in [-0.05, 0) is 6.42 Å². The highest BCUT2D eigenvalue weighted by atomic mass is 19.3. The Labute approximate surface area is 98.9 Å². The van der Waals surface area contributed by atoms with Crippen LogP contribution in [0.2, 0.25) is 0 Å². The number of halogens is 2. The Bertz CT molecular complexity index is 382. The van der Waals surface area contributed by atoms with Gasteiger partial charge in [0.15, 0.2) is 0 Å². The second kappa shape index (κ2) is 5.10. The molecule has 17 heavy (non-hydrogen) atoms. The van der Waals surface area contributed by atoms with E-state index < -0.39 is 24.6 Å². The molecule has 4 nitrogen and oxygen atoms in total. The van der Waals surface area contributed by atoms with Crippen molar-refractivity contribution in [1.29, 1.82) is 0 Å². The lowest BCUT2D eigenvalue weighted by molar-refractivity contribution is 0.0426. The minimum absolute atomic E-state index is 0.201. The lowest BCUT2D eigenvalue weighted by Gasteiger charge is -2.32. The molecule has 0 spiro atoms. The fraction of sp³-hybridized carbons (Fsp3) is 0.727. The normalized spacial score (nSPS) is 17.2. The summed E-state index contributed by atoms with van der Waals surface area (Å²) in [4.78, 5) is 0. The van der Waals surface area contributed by atoms with Gasteiger partial charge in [0.05, 0.1) is 12.7 Å². The highest BCUT2D eigenvalue weighted by Gasteiger charge is 2.38. The molecule has 0 aliphatic rings. The number of alkyl halides is 2. The van der Waals surface area contributed by atoms with Gasteiger partial charge < -0.3 is 10.2 Å². The molecule has 0 aliphatic heterocycles. The average Bonchev–Trinajstić information content (AvgIpc) is 2.69. The molecule has 0 saturated heterocycles. The minimum Gasteiger partial charge on any atom is -0.395 e. The topological polar surface area (TPSA) is 58.3 Å². The summed E-state index contributed by atoms with van der Waals surface area (Å²) >= 11 is 0. The van der Waals surface area contributed by atoms with Crippen LogP contribution in [0.5, 0.6) is 0 Å². The summed E-state index contributed by atoms with van der Waals surface area (Å²) in [6, 6.07) is 0. The van der Waals surface area contributed by atoms with Crippen molar-refractivity contribution in [1.82, 2.24) is 9.78 Å². The molecule has 0 fully saturated rings. The Balaban J connectivity index is 3.28. The average molecular weight is 248 g/mol. The van der Waals surface area contributed by atoms with Gasteiger partial charge in [0, 0.05) is 24.2 Å². The van der Waals surface area contributed by atoms with Crippen molar-refractivity contribution < 1.29 is 19.0 Å². The lowest BCUT2D eigenvalue weighted by Crippen LogP contribution is -2.40. The summed E-state index contributed by atoms with van der Waals surface area (Å²) in [6.07, 6.45) is -1.82. The maximum absolute atomic E-state index is 12.8. The number of aliphatic hydroxyl groups excluding tert-OH is 2. The second-order valence-corrected chi connectivity index (χ2v) is 4.40. The smallest absolute Gasteiger partial charge is 0.282 e. The van der Waals surface area contributed by atoms with Crippen molar-refractivity contribution in [2.24, 2.45) is 7.05 Å². The quantitative estimate of drug-likeness (QED) is 0.827. The van der Waals surface area contributed by atoms with Crippen LogP contribution in [-0.4, -0.2) is 32.7 Å². The molecule has 0 aromatic carbocycles. The zero-order chi connectivity index (χ0) is 13.2. The number of hydrogen-bond donors (Lipinski definition) is 2. The van der Waals surface area contributed by atoms with Crippen LogP contribution in [0.25, 0.3) is 0 Å². The Morgan fingerprint density at radius 2 is 2.12 bits per heavy atom. The van der Waals surface area contributed by atoms with E-state index in [1.54, 1.807) is 13.8 Å². The highest BCUT2D eigenvalue weighted by Crippen LogP contribution is 2.34. The van der Waals surface area contributed by atoms with Gasteiger partial charge in [-0.15, -0.1) is 0 Å². The monoisotopic (exact) mass is 248 g/mol. The molecular formula is C11H18F2N2O2. The Kier molecular flexibility index (Phi) is 4.21. The molecular weight excluding hydrogens is 230 g/mol. The number of nitrogens with zero attached hydrogens (tertiary/aromatic N) is 2. The SMILES string of the molecule is CCC(O)C(C)(CO)c1cn(C)nc1C(F)F. The van der Waals surface area contributed by atoms with Gasteiger partial charge in [-0.2, -0.15) is 5.10 Å². The van der Waals surface area contributed by atoms with Gasteiger partial charge in [0.2, 0.25) is 0 Å². The van der Waals surface area contributed by atoms with Gasteiger partial charge in [-0.1, -0.05) is 13.8 Å². The molecule has 0 aliphatic carbocycles. The molecule has 0 bridgehead atoms. The summed E-state index contributed by atoms with van der Waals surface area (Å²) in [7, 11) is 1.53. The van der Waals surface area contributed by atoms with E-state index in [-0.39, 0.29) is 11.3 Å². The number of hydrogen-bond acceptors (Lipinski definition) is 3. The van der Waals surface area contributed by atoms with Crippen molar-refractivity contribution in [2.45, 2.75) is 38.2 Å². The van der Waals surface area contributed by atoms with Crippen LogP contribution >= 0.6 is 0 Å².